The lowest BCUT2D eigenvalue weighted by atomic mass is 10.1. The molecule has 0 aromatic carbocycles. The molecule has 1 atom stereocenters. The number of hydrogen-bond acceptors (Lipinski definition) is 3. The van der Waals surface area contributed by atoms with E-state index in [4.69, 9.17) is 9.84 Å². The lowest BCUT2D eigenvalue weighted by molar-refractivity contribution is -0.149. The predicted molar refractivity (Wildman–Crippen MR) is 53.9 cm³/mol. The monoisotopic (exact) mass is 200 g/mol. The van der Waals surface area contributed by atoms with Gasteiger partial charge in [0.15, 0.2) is 0 Å². The maximum absolute atomic E-state index is 11.3. The van der Waals surface area contributed by atoms with Crippen LogP contribution >= 0.6 is 0 Å². The fourth-order valence-electron chi connectivity index (χ4n) is 1.82. The second kappa shape index (κ2) is 6.82. The Bertz CT molecular complexity index is 168. The molecule has 3 heteroatoms. The summed E-state index contributed by atoms with van der Waals surface area (Å²) in [5, 5.41) is 8.70. The van der Waals surface area contributed by atoms with E-state index in [1.54, 1.807) is 0 Å². The zero-order valence-corrected chi connectivity index (χ0v) is 8.71. The van der Waals surface area contributed by atoms with Crippen LogP contribution in [0.1, 0.15) is 51.4 Å². The second-order valence-corrected chi connectivity index (χ2v) is 3.93. The number of hydrogen-bond donors (Lipinski definition) is 1. The third-order valence-corrected chi connectivity index (χ3v) is 2.64. The van der Waals surface area contributed by atoms with E-state index >= 15 is 0 Å². The summed E-state index contributed by atoms with van der Waals surface area (Å²) in [6.45, 7) is 0.189. The van der Waals surface area contributed by atoms with Crippen molar-refractivity contribution in [1.82, 2.24) is 0 Å². The van der Waals surface area contributed by atoms with Crippen LogP contribution in [0.25, 0.3) is 0 Å². The van der Waals surface area contributed by atoms with Crippen LogP contribution in [0.2, 0.25) is 0 Å². The first-order valence-electron chi connectivity index (χ1n) is 5.63. The normalized spacial score (nSPS) is 24.6. The summed E-state index contributed by atoms with van der Waals surface area (Å²) in [6.07, 6.45) is 7.57. The van der Waals surface area contributed by atoms with Crippen molar-refractivity contribution in [2.24, 2.45) is 0 Å². The maximum atomic E-state index is 11.3. The molecule has 82 valence electrons. The van der Waals surface area contributed by atoms with E-state index in [1.807, 2.05) is 0 Å². The molecule has 0 radical (unpaired) electrons. The predicted octanol–water partition coefficient (Wildman–Crippen LogP) is 2.02. The number of esters is 1. The van der Waals surface area contributed by atoms with E-state index in [-0.39, 0.29) is 18.7 Å². The molecule has 0 spiro atoms. The molecule has 1 aliphatic heterocycles. The molecular formula is C11H20O3. The van der Waals surface area contributed by atoms with Crippen LogP contribution in [0.3, 0.4) is 0 Å². The summed E-state index contributed by atoms with van der Waals surface area (Å²) in [5.74, 6) is -0.0603. The second-order valence-electron chi connectivity index (χ2n) is 3.93. The number of carbonyl (C=O) groups excluding carboxylic acids is 1. The Balaban J connectivity index is 2.32. The molecule has 1 unspecified atom stereocenters. The number of aliphatic hydroxyl groups is 1. The highest BCUT2D eigenvalue weighted by Gasteiger charge is 2.15. The first kappa shape index (κ1) is 11.5. The minimum atomic E-state index is -0.0603. The number of aliphatic hydroxyl groups excluding tert-OH is 1. The molecule has 0 amide bonds. The summed E-state index contributed by atoms with van der Waals surface area (Å²) < 4.78 is 5.32. The van der Waals surface area contributed by atoms with Gasteiger partial charge in [0.25, 0.3) is 0 Å². The van der Waals surface area contributed by atoms with Crippen molar-refractivity contribution in [3.8, 4) is 0 Å². The van der Waals surface area contributed by atoms with Gasteiger partial charge in [-0.2, -0.15) is 0 Å². The molecule has 1 rings (SSSR count). The van der Waals surface area contributed by atoms with Gasteiger partial charge in [0, 0.05) is 13.0 Å². The largest absolute Gasteiger partial charge is 0.462 e. The van der Waals surface area contributed by atoms with Crippen molar-refractivity contribution >= 4 is 5.97 Å². The van der Waals surface area contributed by atoms with Crippen molar-refractivity contribution in [1.29, 1.82) is 0 Å². The van der Waals surface area contributed by atoms with Crippen LogP contribution in [0.5, 0.6) is 0 Å². The van der Waals surface area contributed by atoms with Crippen LogP contribution in [0.15, 0.2) is 0 Å². The van der Waals surface area contributed by atoms with E-state index in [0.717, 1.165) is 38.5 Å². The fraction of sp³-hybridized carbons (Fsp3) is 0.909. The summed E-state index contributed by atoms with van der Waals surface area (Å²) in [7, 11) is 0. The van der Waals surface area contributed by atoms with Gasteiger partial charge in [-0.05, 0) is 32.1 Å². The highest BCUT2D eigenvalue weighted by Crippen LogP contribution is 2.17. The average molecular weight is 200 g/mol. The van der Waals surface area contributed by atoms with Gasteiger partial charge in [-0.15, -0.1) is 0 Å². The molecule has 3 nitrogen and oxygen atoms in total. The molecule has 14 heavy (non-hydrogen) atoms. The summed E-state index contributed by atoms with van der Waals surface area (Å²) in [4.78, 5) is 11.3. The first-order valence-corrected chi connectivity index (χ1v) is 5.63. The average Bonchev–Trinajstić information content (AvgIpc) is 2.27. The fourth-order valence-corrected chi connectivity index (χ4v) is 1.82. The number of ether oxygens (including phenoxy) is 1. The van der Waals surface area contributed by atoms with Gasteiger partial charge in [0.05, 0.1) is 0 Å². The van der Waals surface area contributed by atoms with Gasteiger partial charge in [-0.3, -0.25) is 4.79 Å². The summed E-state index contributed by atoms with van der Waals surface area (Å²) >= 11 is 0. The molecule has 0 aliphatic carbocycles. The number of carbonyl (C=O) groups is 1. The Kier molecular flexibility index (Phi) is 5.60. The highest BCUT2D eigenvalue weighted by molar-refractivity contribution is 5.69. The SMILES string of the molecule is O=C1CCCCCCC(CCCO)O1. The molecular weight excluding hydrogens is 180 g/mol. The van der Waals surface area contributed by atoms with Gasteiger partial charge < -0.3 is 9.84 Å². The van der Waals surface area contributed by atoms with E-state index < -0.39 is 0 Å². The van der Waals surface area contributed by atoms with Crippen LogP contribution < -0.4 is 0 Å². The molecule has 1 saturated heterocycles. The zero-order valence-electron chi connectivity index (χ0n) is 8.71. The van der Waals surface area contributed by atoms with E-state index in [1.165, 1.54) is 6.42 Å². The lowest BCUT2D eigenvalue weighted by Gasteiger charge is -2.16. The smallest absolute Gasteiger partial charge is 0.306 e. The maximum Gasteiger partial charge on any atom is 0.306 e. The molecule has 0 bridgehead atoms. The summed E-state index contributed by atoms with van der Waals surface area (Å²) in [6, 6.07) is 0. The third kappa shape index (κ3) is 4.61. The lowest BCUT2D eigenvalue weighted by Crippen LogP contribution is -2.17. The molecule has 1 heterocycles. The molecule has 0 aromatic rings. The van der Waals surface area contributed by atoms with Crippen molar-refractivity contribution in [2.75, 3.05) is 6.61 Å². The van der Waals surface area contributed by atoms with Gasteiger partial charge in [0.2, 0.25) is 0 Å². The van der Waals surface area contributed by atoms with Gasteiger partial charge in [-0.25, -0.2) is 0 Å². The highest BCUT2D eigenvalue weighted by atomic mass is 16.5. The van der Waals surface area contributed by atoms with Crippen molar-refractivity contribution in [3.63, 3.8) is 0 Å². The van der Waals surface area contributed by atoms with E-state index in [0.29, 0.717) is 6.42 Å². The van der Waals surface area contributed by atoms with Gasteiger partial charge >= 0.3 is 5.97 Å². The summed E-state index contributed by atoms with van der Waals surface area (Å²) in [5.41, 5.74) is 0. The van der Waals surface area contributed by atoms with Crippen LogP contribution in [-0.2, 0) is 9.53 Å². The topological polar surface area (TPSA) is 46.5 Å². The molecule has 0 saturated carbocycles. The van der Waals surface area contributed by atoms with Crippen LogP contribution in [0.4, 0.5) is 0 Å². The van der Waals surface area contributed by atoms with Crippen molar-refractivity contribution < 1.29 is 14.6 Å². The Morgan fingerprint density at radius 2 is 2.07 bits per heavy atom. The van der Waals surface area contributed by atoms with E-state index in [9.17, 15) is 4.79 Å². The Morgan fingerprint density at radius 3 is 2.86 bits per heavy atom. The standard InChI is InChI=1S/C11H20O3/c12-9-5-7-10-6-3-1-2-4-8-11(13)14-10/h10,12H,1-9H2. The third-order valence-electron chi connectivity index (χ3n) is 2.64. The number of cyclic esters (lactones) is 1. The molecule has 1 N–H and O–H groups in total. The van der Waals surface area contributed by atoms with Crippen LogP contribution in [-0.4, -0.2) is 23.8 Å². The molecule has 1 aliphatic rings. The van der Waals surface area contributed by atoms with Crippen molar-refractivity contribution in [2.45, 2.75) is 57.5 Å². The van der Waals surface area contributed by atoms with Gasteiger partial charge in [-0.1, -0.05) is 12.8 Å². The quantitative estimate of drug-likeness (QED) is 0.709. The Labute approximate surface area is 85.5 Å². The Hall–Kier alpha value is -0.570. The minimum absolute atomic E-state index is 0.0488. The van der Waals surface area contributed by atoms with E-state index in [2.05, 4.69) is 0 Å². The first-order chi connectivity index (χ1) is 6.83. The minimum Gasteiger partial charge on any atom is -0.462 e. The Morgan fingerprint density at radius 1 is 1.29 bits per heavy atom. The van der Waals surface area contributed by atoms with Gasteiger partial charge in [0.1, 0.15) is 6.10 Å². The molecule has 0 aromatic heterocycles. The molecule has 1 fully saturated rings. The van der Waals surface area contributed by atoms with Crippen LogP contribution in [0, 0.1) is 0 Å². The van der Waals surface area contributed by atoms with Crippen molar-refractivity contribution in [3.05, 3.63) is 0 Å². The number of rotatable bonds is 3. The zero-order chi connectivity index (χ0) is 10.2.